The van der Waals surface area contributed by atoms with Gasteiger partial charge in [-0.05, 0) is 42.6 Å². The molecule has 0 unspecified atom stereocenters. The average molecular weight is 376 g/mol. The quantitative estimate of drug-likeness (QED) is 0.548. The summed E-state index contributed by atoms with van der Waals surface area (Å²) in [5.74, 6) is 1.36. The fourth-order valence-electron chi connectivity index (χ4n) is 2.85. The lowest BCUT2D eigenvalue weighted by atomic mass is 9.91. The molecule has 2 N–H and O–H groups in total. The summed E-state index contributed by atoms with van der Waals surface area (Å²) in [7, 11) is 1.79. The van der Waals surface area contributed by atoms with Crippen molar-refractivity contribution in [1.82, 2.24) is 30.8 Å². The van der Waals surface area contributed by atoms with E-state index in [4.69, 9.17) is 4.74 Å². The Morgan fingerprint density at radius 3 is 2.73 bits per heavy atom. The second-order valence-electron chi connectivity index (χ2n) is 6.35. The number of aromatic nitrogens is 4. The van der Waals surface area contributed by atoms with Gasteiger partial charge in [-0.25, -0.2) is 4.68 Å². The van der Waals surface area contributed by atoms with Gasteiger partial charge in [-0.15, -0.1) is 5.10 Å². The Kier molecular flexibility index (Phi) is 6.10. The van der Waals surface area contributed by atoms with Gasteiger partial charge in [0.05, 0.1) is 0 Å². The summed E-state index contributed by atoms with van der Waals surface area (Å²) in [5.41, 5.74) is 0.341. The van der Waals surface area contributed by atoms with Crippen molar-refractivity contribution in [2.75, 3.05) is 25.4 Å². The Balaban J connectivity index is 1.58. The highest BCUT2D eigenvalue weighted by molar-refractivity contribution is 7.99. The molecule has 2 heterocycles. The molecule has 1 saturated heterocycles. The zero-order chi connectivity index (χ0) is 18.4. The summed E-state index contributed by atoms with van der Waals surface area (Å²) in [6, 6.07) is 7.83. The van der Waals surface area contributed by atoms with Gasteiger partial charge in [-0.1, -0.05) is 29.5 Å². The molecule has 1 aromatic heterocycles. The molecule has 3 rings (SSSR count). The van der Waals surface area contributed by atoms with E-state index < -0.39 is 5.60 Å². The van der Waals surface area contributed by atoms with Gasteiger partial charge in [0.25, 0.3) is 5.91 Å². The van der Waals surface area contributed by atoms with Gasteiger partial charge in [0.2, 0.25) is 5.16 Å². The van der Waals surface area contributed by atoms with E-state index in [1.807, 2.05) is 31.2 Å². The molecule has 1 aliphatic rings. The lowest BCUT2D eigenvalue weighted by Crippen LogP contribution is -2.56. The van der Waals surface area contributed by atoms with Crippen LogP contribution in [0.25, 0.3) is 0 Å². The molecule has 140 valence electrons. The lowest BCUT2D eigenvalue weighted by molar-refractivity contribution is -0.139. The van der Waals surface area contributed by atoms with Gasteiger partial charge in [0, 0.05) is 32.2 Å². The number of aryl methyl sites for hydroxylation is 2. The number of nitrogens with zero attached hydrogens (tertiary/aromatic N) is 4. The van der Waals surface area contributed by atoms with E-state index in [2.05, 4.69) is 26.2 Å². The van der Waals surface area contributed by atoms with Crippen molar-refractivity contribution in [3.8, 4) is 5.75 Å². The minimum Gasteiger partial charge on any atom is -0.477 e. The third kappa shape index (κ3) is 4.53. The van der Waals surface area contributed by atoms with E-state index in [1.54, 1.807) is 11.7 Å². The van der Waals surface area contributed by atoms with Gasteiger partial charge in [0.1, 0.15) is 5.75 Å². The van der Waals surface area contributed by atoms with Gasteiger partial charge >= 0.3 is 0 Å². The van der Waals surface area contributed by atoms with E-state index in [1.165, 1.54) is 11.8 Å². The fourth-order valence-corrected chi connectivity index (χ4v) is 3.55. The van der Waals surface area contributed by atoms with Crippen LogP contribution in [0.2, 0.25) is 0 Å². The zero-order valence-electron chi connectivity index (χ0n) is 15.1. The third-order valence-corrected chi connectivity index (χ3v) is 5.37. The van der Waals surface area contributed by atoms with Crippen LogP contribution >= 0.6 is 11.8 Å². The first kappa shape index (κ1) is 18.7. The number of amides is 1. The second kappa shape index (κ2) is 8.50. The molecular formula is C17H24N6O2S. The predicted molar refractivity (Wildman–Crippen MR) is 99.2 cm³/mol. The number of nitrogens with one attached hydrogen (secondary N) is 2. The van der Waals surface area contributed by atoms with Crippen LogP contribution in [0.1, 0.15) is 18.4 Å². The van der Waals surface area contributed by atoms with E-state index in [0.29, 0.717) is 25.1 Å². The van der Waals surface area contributed by atoms with Crippen LogP contribution in [-0.4, -0.2) is 57.1 Å². The highest BCUT2D eigenvalue weighted by atomic mass is 32.2. The van der Waals surface area contributed by atoms with Crippen LogP contribution < -0.4 is 15.4 Å². The molecule has 0 saturated carbocycles. The van der Waals surface area contributed by atoms with Gasteiger partial charge in [-0.3, -0.25) is 4.79 Å². The number of carbonyl (C=O) groups excluding carboxylic acids is 1. The molecule has 0 aliphatic carbocycles. The van der Waals surface area contributed by atoms with E-state index in [0.717, 1.165) is 29.6 Å². The Labute approximate surface area is 157 Å². The van der Waals surface area contributed by atoms with Crippen molar-refractivity contribution in [2.24, 2.45) is 7.05 Å². The lowest BCUT2D eigenvalue weighted by Gasteiger charge is -2.36. The van der Waals surface area contributed by atoms with E-state index in [-0.39, 0.29) is 5.91 Å². The smallest absolute Gasteiger partial charge is 0.264 e. The van der Waals surface area contributed by atoms with Crippen LogP contribution in [0.4, 0.5) is 0 Å². The number of benzene rings is 1. The SMILES string of the molecule is Cc1ccc(OC2(C(=O)NCCSc3nnnn3C)CCNCC2)cc1. The van der Waals surface area contributed by atoms with Crippen molar-refractivity contribution < 1.29 is 9.53 Å². The minimum absolute atomic E-state index is 0.0590. The predicted octanol–water partition coefficient (Wildman–Crippen LogP) is 0.928. The van der Waals surface area contributed by atoms with Crippen LogP contribution in [0.5, 0.6) is 5.75 Å². The summed E-state index contributed by atoms with van der Waals surface area (Å²) >= 11 is 1.51. The zero-order valence-corrected chi connectivity index (χ0v) is 15.9. The molecule has 26 heavy (non-hydrogen) atoms. The summed E-state index contributed by atoms with van der Waals surface area (Å²) in [5, 5.41) is 18.3. The summed E-state index contributed by atoms with van der Waals surface area (Å²) < 4.78 is 7.80. The summed E-state index contributed by atoms with van der Waals surface area (Å²) in [6.07, 6.45) is 1.29. The molecule has 1 amide bonds. The molecule has 0 atom stereocenters. The van der Waals surface area contributed by atoms with Crippen molar-refractivity contribution in [3.05, 3.63) is 29.8 Å². The first-order chi connectivity index (χ1) is 12.6. The Morgan fingerprint density at radius 2 is 2.08 bits per heavy atom. The Bertz CT molecular complexity index is 727. The molecule has 0 bridgehead atoms. The van der Waals surface area contributed by atoms with Crippen LogP contribution in [0.15, 0.2) is 29.4 Å². The van der Waals surface area contributed by atoms with Crippen molar-refractivity contribution in [1.29, 1.82) is 0 Å². The van der Waals surface area contributed by atoms with Crippen molar-refractivity contribution in [2.45, 2.75) is 30.5 Å². The number of hydrogen-bond acceptors (Lipinski definition) is 7. The maximum absolute atomic E-state index is 12.9. The average Bonchev–Trinajstić information content (AvgIpc) is 3.06. The highest BCUT2D eigenvalue weighted by Gasteiger charge is 2.41. The number of rotatable bonds is 7. The number of carbonyl (C=O) groups is 1. The van der Waals surface area contributed by atoms with Crippen LogP contribution in [0, 0.1) is 6.92 Å². The van der Waals surface area contributed by atoms with Crippen molar-refractivity contribution in [3.63, 3.8) is 0 Å². The summed E-state index contributed by atoms with van der Waals surface area (Å²) in [4.78, 5) is 12.9. The Hall–Kier alpha value is -2.13. The largest absolute Gasteiger partial charge is 0.477 e. The summed E-state index contributed by atoms with van der Waals surface area (Å²) in [6.45, 7) is 4.08. The highest BCUT2D eigenvalue weighted by Crippen LogP contribution is 2.27. The topological polar surface area (TPSA) is 94.0 Å². The van der Waals surface area contributed by atoms with E-state index in [9.17, 15) is 4.79 Å². The molecular weight excluding hydrogens is 352 g/mol. The second-order valence-corrected chi connectivity index (χ2v) is 7.41. The Morgan fingerprint density at radius 1 is 1.35 bits per heavy atom. The number of hydrogen-bond donors (Lipinski definition) is 2. The standard InChI is InChI=1S/C17H24N6O2S/c1-13-3-5-14(6-4-13)25-17(7-9-18-10-8-17)15(24)19-11-12-26-16-20-21-22-23(16)2/h3-6,18H,7-12H2,1-2H3,(H,19,24). The van der Waals surface area contributed by atoms with Gasteiger partial charge in [-0.2, -0.15) is 0 Å². The minimum atomic E-state index is -0.822. The molecule has 1 aromatic carbocycles. The molecule has 9 heteroatoms. The molecule has 2 aromatic rings. The van der Waals surface area contributed by atoms with Crippen molar-refractivity contribution >= 4 is 17.7 Å². The van der Waals surface area contributed by atoms with Gasteiger partial charge < -0.3 is 15.4 Å². The number of ether oxygens (including phenoxy) is 1. The number of piperidine rings is 1. The van der Waals surface area contributed by atoms with E-state index >= 15 is 0 Å². The first-order valence-electron chi connectivity index (χ1n) is 8.69. The normalized spacial score (nSPS) is 16.2. The number of thioether (sulfide) groups is 1. The van der Waals surface area contributed by atoms with Crippen LogP contribution in [-0.2, 0) is 11.8 Å². The maximum Gasteiger partial charge on any atom is 0.264 e. The molecule has 8 nitrogen and oxygen atoms in total. The monoisotopic (exact) mass is 376 g/mol. The van der Waals surface area contributed by atoms with Crippen LogP contribution in [0.3, 0.4) is 0 Å². The molecule has 1 aliphatic heterocycles. The van der Waals surface area contributed by atoms with Gasteiger partial charge in [0.15, 0.2) is 5.60 Å². The maximum atomic E-state index is 12.9. The molecule has 0 spiro atoms. The first-order valence-corrected chi connectivity index (χ1v) is 9.67. The third-order valence-electron chi connectivity index (χ3n) is 4.36. The molecule has 0 radical (unpaired) electrons. The fraction of sp³-hybridized carbons (Fsp3) is 0.529. The number of tetrazole rings is 1. The molecule has 1 fully saturated rings.